The molecule has 0 saturated carbocycles. The number of carbonyl (C=O) groups is 1. The Hall–Kier alpha value is -0.410. The Balaban J connectivity index is 0.00000121. The van der Waals surface area contributed by atoms with E-state index in [1.807, 2.05) is 0 Å². The van der Waals surface area contributed by atoms with Gasteiger partial charge < -0.3 is 11.5 Å². The molecule has 0 spiro atoms. The number of hydrogen-bond donors (Lipinski definition) is 2. The monoisotopic (exact) mass is 172 g/mol. The van der Waals surface area contributed by atoms with E-state index in [1.165, 1.54) is 0 Å². The Labute approximate surface area is 74.5 Å². The number of nitrogens with one attached hydrogen (secondary N) is 1. The van der Waals surface area contributed by atoms with E-state index in [0.717, 1.165) is 0 Å². The van der Waals surface area contributed by atoms with Crippen molar-refractivity contribution in [2.24, 2.45) is 0 Å². The summed E-state index contributed by atoms with van der Waals surface area (Å²) in [6, 6.07) is 0. The van der Waals surface area contributed by atoms with E-state index in [1.54, 1.807) is 0 Å². The van der Waals surface area contributed by atoms with Crippen LogP contribution in [0, 0.1) is 0 Å². The first-order chi connectivity index (χ1) is 4.81. The molecule has 0 atom stereocenters. The van der Waals surface area contributed by atoms with Crippen molar-refractivity contribution >= 4 is 5.78 Å². The zero-order valence-corrected chi connectivity index (χ0v) is 8.53. The van der Waals surface area contributed by atoms with Gasteiger partial charge in [0.1, 0.15) is 5.78 Å². The molecule has 0 aromatic heterocycles. The second-order valence-corrected chi connectivity index (χ2v) is 4.78. The summed E-state index contributed by atoms with van der Waals surface area (Å²) in [6.45, 7) is 8.30. The lowest BCUT2D eigenvalue weighted by Gasteiger charge is -2.41. The van der Waals surface area contributed by atoms with Gasteiger partial charge in [0.05, 0.1) is 0 Å². The first-order valence-electron chi connectivity index (χ1n) is 4.12. The largest absolute Gasteiger partial charge is 0.344 e. The first-order valence-corrected chi connectivity index (χ1v) is 4.12. The molecule has 0 aliphatic carbocycles. The predicted molar refractivity (Wildman–Crippen MR) is 50.6 cm³/mol. The van der Waals surface area contributed by atoms with Crippen molar-refractivity contribution < 1.29 is 4.79 Å². The number of ketones is 1. The smallest absolute Gasteiger partial charge is 0.136 e. The van der Waals surface area contributed by atoms with Crippen LogP contribution in [0.2, 0.25) is 0 Å². The van der Waals surface area contributed by atoms with E-state index >= 15 is 0 Å². The summed E-state index contributed by atoms with van der Waals surface area (Å²) in [5, 5.41) is 3.44. The Kier molecular flexibility index (Phi) is 3.04. The Morgan fingerprint density at radius 3 is 1.67 bits per heavy atom. The van der Waals surface area contributed by atoms with Gasteiger partial charge in [0.2, 0.25) is 0 Å². The lowest BCUT2D eigenvalue weighted by atomic mass is 9.82. The molecule has 3 nitrogen and oxygen atoms in total. The molecular formula is C9H20N2O. The lowest BCUT2D eigenvalue weighted by Crippen LogP contribution is -2.58. The van der Waals surface area contributed by atoms with Crippen LogP contribution in [0.15, 0.2) is 0 Å². The molecule has 1 saturated heterocycles. The fourth-order valence-corrected chi connectivity index (χ4v) is 2.05. The molecule has 1 heterocycles. The van der Waals surface area contributed by atoms with Crippen molar-refractivity contribution in [1.82, 2.24) is 11.5 Å². The van der Waals surface area contributed by atoms with Gasteiger partial charge in [0, 0.05) is 23.9 Å². The standard InChI is InChI=1S/C9H17NO.H3N/c1-8(2)5-7(11)6-9(3,4)10-8;/h10H,5-6H2,1-4H3;1H3. The van der Waals surface area contributed by atoms with E-state index < -0.39 is 0 Å². The molecule has 0 aromatic rings. The van der Waals surface area contributed by atoms with Crippen molar-refractivity contribution in [2.75, 3.05) is 0 Å². The van der Waals surface area contributed by atoms with Crippen molar-refractivity contribution in [3.63, 3.8) is 0 Å². The van der Waals surface area contributed by atoms with Crippen molar-refractivity contribution in [1.29, 1.82) is 0 Å². The molecule has 1 fully saturated rings. The Morgan fingerprint density at radius 2 is 1.42 bits per heavy atom. The van der Waals surface area contributed by atoms with Crippen LogP contribution in [0.3, 0.4) is 0 Å². The minimum absolute atomic E-state index is 0. The van der Waals surface area contributed by atoms with Crippen molar-refractivity contribution in [3.05, 3.63) is 0 Å². The minimum Gasteiger partial charge on any atom is -0.344 e. The van der Waals surface area contributed by atoms with Crippen LogP contribution in [0.1, 0.15) is 40.5 Å². The lowest BCUT2D eigenvalue weighted by molar-refractivity contribution is -0.124. The van der Waals surface area contributed by atoms with Gasteiger partial charge in [0.15, 0.2) is 0 Å². The van der Waals surface area contributed by atoms with E-state index in [-0.39, 0.29) is 17.2 Å². The van der Waals surface area contributed by atoms with E-state index in [2.05, 4.69) is 33.0 Å². The maximum Gasteiger partial charge on any atom is 0.136 e. The quantitative estimate of drug-likeness (QED) is 0.584. The fourth-order valence-electron chi connectivity index (χ4n) is 2.05. The highest BCUT2D eigenvalue weighted by Gasteiger charge is 2.36. The van der Waals surface area contributed by atoms with E-state index in [9.17, 15) is 4.79 Å². The summed E-state index contributed by atoms with van der Waals surface area (Å²) >= 11 is 0. The van der Waals surface area contributed by atoms with E-state index in [4.69, 9.17) is 0 Å². The maximum absolute atomic E-state index is 11.3. The zero-order chi connectivity index (χ0) is 8.70. The SMILES string of the molecule is CC1(C)CC(=O)CC(C)(C)N1.N. The number of piperidine rings is 1. The molecule has 12 heavy (non-hydrogen) atoms. The molecule has 3 heteroatoms. The second kappa shape index (κ2) is 3.15. The average molecular weight is 172 g/mol. The topological polar surface area (TPSA) is 64.1 Å². The third kappa shape index (κ3) is 2.91. The van der Waals surface area contributed by atoms with E-state index in [0.29, 0.717) is 18.6 Å². The van der Waals surface area contributed by atoms with Crippen molar-refractivity contribution in [2.45, 2.75) is 51.6 Å². The Bertz CT molecular complexity index is 167. The van der Waals surface area contributed by atoms with Gasteiger partial charge in [-0.15, -0.1) is 0 Å². The van der Waals surface area contributed by atoms with Gasteiger partial charge in [-0.05, 0) is 27.7 Å². The first kappa shape index (κ1) is 11.6. The van der Waals surface area contributed by atoms with Crippen LogP contribution in [-0.2, 0) is 4.79 Å². The maximum atomic E-state index is 11.3. The van der Waals surface area contributed by atoms with Gasteiger partial charge in [0.25, 0.3) is 0 Å². The molecule has 0 radical (unpaired) electrons. The number of hydrogen-bond acceptors (Lipinski definition) is 3. The van der Waals surface area contributed by atoms with Crippen LogP contribution in [0.25, 0.3) is 0 Å². The number of Topliss-reactive ketones (excluding diaryl/α,β-unsaturated/α-hetero) is 1. The van der Waals surface area contributed by atoms with Crippen LogP contribution >= 0.6 is 0 Å². The molecule has 4 N–H and O–H groups in total. The summed E-state index contributed by atoms with van der Waals surface area (Å²) in [7, 11) is 0. The summed E-state index contributed by atoms with van der Waals surface area (Å²) < 4.78 is 0. The van der Waals surface area contributed by atoms with Gasteiger partial charge in [-0.1, -0.05) is 0 Å². The normalized spacial score (nSPS) is 26.2. The fraction of sp³-hybridized carbons (Fsp3) is 0.889. The zero-order valence-electron chi connectivity index (χ0n) is 8.53. The molecule has 72 valence electrons. The molecule has 0 amide bonds. The molecule has 1 rings (SSSR count). The third-order valence-corrected chi connectivity index (χ3v) is 1.95. The van der Waals surface area contributed by atoms with Gasteiger partial charge in [-0.3, -0.25) is 4.79 Å². The van der Waals surface area contributed by atoms with Crippen LogP contribution in [-0.4, -0.2) is 16.9 Å². The summed E-state index contributed by atoms with van der Waals surface area (Å²) in [4.78, 5) is 11.3. The van der Waals surface area contributed by atoms with Crippen LogP contribution in [0.4, 0.5) is 0 Å². The third-order valence-electron chi connectivity index (χ3n) is 1.95. The van der Waals surface area contributed by atoms with Gasteiger partial charge in [-0.2, -0.15) is 0 Å². The highest BCUT2D eigenvalue weighted by Crippen LogP contribution is 2.25. The van der Waals surface area contributed by atoms with Gasteiger partial charge >= 0.3 is 0 Å². The summed E-state index contributed by atoms with van der Waals surface area (Å²) in [6.07, 6.45) is 1.33. The minimum atomic E-state index is -0.0150. The highest BCUT2D eigenvalue weighted by atomic mass is 16.1. The molecule has 1 aliphatic heterocycles. The van der Waals surface area contributed by atoms with Gasteiger partial charge in [-0.25, -0.2) is 0 Å². The molecule has 0 aromatic carbocycles. The molecule has 0 bridgehead atoms. The molecular weight excluding hydrogens is 152 g/mol. The summed E-state index contributed by atoms with van der Waals surface area (Å²) in [5.41, 5.74) is -0.0301. The average Bonchev–Trinajstić information content (AvgIpc) is 1.49. The Morgan fingerprint density at radius 1 is 1.08 bits per heavy atom. The number of rotatable bonds is 0. The predicted octanol–water partition coefficient (Wildman–Crippen LogP) is 1.66. The van der Waals surface area contributed by atoms with Crippen LogP contribution < -0.4 is 11.5 Å². The second-order valence-electron chi connectivity index (χ2n) is 4.78. The summed E-state index contributed by atoms with van der Waals surface area (Å²) in [5.74, 6) is 0.374. The molecule has 0 unspecified atom stereocenters. The van der Waals surface area contributed by atoms with Crippen LogP contribution in [0.5, 0.6) is 0 Å². The number of carbonyl (C=O) groups excluding carboxylic acids is 1. The van der Waals surface area contributed by atoms with Crippen molar-refractivity contribution in [3.8, 4) is 0 Å². The molecule has 1 aliphatic rings. The highest BCUT2D eigenvalue weighted by molar-refractivity contribution is 5.81.